The number of hydrogen-bond acceptors (Lipinski definition) is 1. The molecule has 0 unspecified atom stereocenters. The van der Waals surface area contributed by atoms with Crippen molar-refractivity contribution in [2.75, 3.05) is 0 Å². The van der Waals surface area contributed by atoms with Crippen LogP contribution >= 0.6 is 23.2 Å². The number of aryl methyl sites for hydroxylation is 1. The Hall–Kier alpha value is 0.418. The average Bonchev–Trinajstić information content (AvgIpc) is 1.83. The third-order valence-electron chi connectivity index (χ3n) is 1.02. The van der Waals surface area contributed by atoms with Crippen molar-refractivity contribution in [3.05, 3.63) is 28.0 Å². The standard InChI is InChI=1S/C6H5Cl2N.Pt/c1-4-6(8)5(7)2-3-9-4;/h2-3H,1H3;/q;+2. The number of halogens is 2. The normalized spacial score (nSPS) is 8.70. The van der Waals surface area contributed by atoms with Crippen LogP contribution in [0.3, 0.4) is 0 Å². The fourth-order valence-electron chi connectivity index (χ4n) is 0.517. The summed E-state index contributed by atoms with van der Waals surface area (Å²) in [6, 6.07) is 1.66. The van der Waals surface area contributed by atoms with E-state index in [1.54, 1.807) is 12.3 Å². The van der Waals surface area contributed by atoms with E-state index in [0.717, 1.165) is 5.69 Å². The van der Waals surface area contributed by atoms with Gasteiger partial charge in [0.1, 0.15) is 0 Å². The second-order valence-corrected chi connectivity index (χ2v) is 2.48. The number of rotatable bonds is 0. The van der Waals surface area contributed by atoms with E-state index in [-0.39, 0.29) is 21.1 Å². The topological polar surface area (TPSA) is 12.9 Å². The van der Waals surface area contributed by atoms with Crippen molar-refractivity contribution >= 4 is 23.2 Å². The molecule has 0 atom stereocenters. The van der Waals surface area contributed by atoms with Crippen LogP contribution in [0.15, 0.2) is 12.3 Å². The first kappa shape index (κ1) is 10.4. The Morgan fingerprint density at radius 1 is 1.40 bits per heavy atom. The molecule has 10 heavy (non-hydrogen) atoms. The smallest absolute Gasteiger partial charge is 0.260 e. The van der Waals surface area contributed by atoms with E-state index in [2.05, 4.69) is 4.98 Å². The van der Waals surface area contributed by atoms with Crippen LogP contribution in [0.4, 0.5) is 0 Å². The minimum Gasteiger partial charge on any atom is -0.260 e. The second kappa shape index (κ2) is 4.33. The first-order valence-electron chi connectivity index (χ1n) is 2.48. The van der Waals surface area contributed by atoms with E-state index in [1.165, 1.54) is 0 Å². The molecule has 1 aromatic heterocycles. The zero-order valence-corrected chi connectivity index (χ0v) is 8.96. The van der Waals surface area contributed by atoms with Crippen LogP contribution in [0.1, 0.15) is 5.69 Å². The number of hydrogen-bond donors (Lipinski definition) is 0. The molecule has 0 aliphatic rings. The summed E-state index contributed by atoms with van der Waals surface area (Å²) in [7, 11) is 0. The number of aromatic nitrogens is 1. The molecule has 0 aromatic carbocycles. The largest absolute Gasteiger partial charge is 2.00 e. The molecule has 0 aliphatic carbocycles. The zero-order chi connectivity index (χ0) is 6.85. The molecule has 0 saturated heterocycles. The van der Waals surface area contributed by atoms with Gasteiger partial charge in [-0.2, -0.15) is 0 Å². The molecule has 0 saturated carbocycles. The van der Waals surface area contributed by atoms with Crippen LogP contribution in [-0.4, -0.2) is 4.98 Å². The Morgan fingerprint density at radius 3 is 2.40 bits per heavy atom. The summed E-state index contributed by atoms with van der Waals surface area (Å²) in [6.45, 7) is 1.81. The fraction of sp³-hybridized carbons (Fsp3) is 0.167. The van der Waals surface area contributed by atoms with E-state index in [9.17, 15) is 0 Å². The summed E-state index contributed by atoms with van der Waals surface area (Å²) >= 11 is 11.3. The van der Waals surface area contributed by atoms with Gasteiger partial charge in [-0.3, -0.25) is 4.98 Å². The van der Waals surface area contributed by atoms with Crippen LogP contribution in [0.2, 0.25) is 10.0 Å². The molecule has 4 heteroatoms. The molecule has 56 valence electrons. The van der Waals surface area contributed by atoms with Crippen LogP contribution in [0.5, 0.6) is 0 Å². The van der Waals surface area contributed by atoms with Crippen LogP contribution in [0.25, 0.3) is 0 Å². The van der Waals surface area contributed by atoms with E-state index in [4.69, 9.17) is 23.2 Å². The Kier molecular flexibility index (Phi) is 4.51. The molecule has 1 heterocycles. The van der Waals surface area contributed by atoms with Crippen molar-refractivity contribution in [1.82, 2.24) is 4.98 Å². The maximum atomic E-state index is 5.68. The van der Waals surface area contributed by atoms with E-state index >= 15 is 0 Å². The Bertz CT molecular complexity index is 207. The van der Waals surface area contributed by atoms with Crippen molar-refractivity contribution < 1.29 is 21.1 Å². The third kappa shape index (κ3) is 2.23. The Balaban J connectivity index is 0.000000810. The van der Waals surface area contributed by atoms with Gasteiger partial charge < -0.3 is 0 Å². The van der Waals surface area contributed by atoms with Crippen LogP contribution in [0, 0.1) is 6.92 Å². The molecular weight excluding hydrogens is 352 g/mol. The van der Waals surface area contributed by atoms with Gasteiger partial charge in [0.25, 0.3) is 0 Å². The van der Waals surface area contributed by atoms with Gasteiger partial charge in [0.05, 0.1) is 15.7 Å². The monoisotopic (exact) mass is 356 g/mol. The number of pyridine rings is 1. The average molecular weight is 357 g/mol. The minimum absolute atomic E-state index is 0. The van der Waals surface area contributed by atoms with Gasteiger partial charge >= 0.3 is 21.1 Å². The quantitative estimate of drug-likeness (QED) is 0.696. The maximum absolute atomic E-state index is 5.68. The van der Waals surface area contributed by atoms with E-state index in [1.807, 2.05) is 6.92 Å². The Labute approximate surface area is 84.0 Å². The van der Waals surface area contributed by atoms with E-state index < -0.39 is 0 Å². The summed E-state index contributed by atoms with van der Waals surface area (Å²) < 4.78 is 0. The van der Waals surface area contributed by atoms with Crippen LogP contribution < -0.4 is 0 Å². The van der Waals surface area contributed by atoms with Crippen molar-refractivity contribution in [1.29, 1.82) is 0 Å². The summed E-state index contributed by atoms with van der Waals surface area (Å²) in [5.41, 5.74) is 0.768. The van der Waals surface area contributed by atoms with Gasteiger partial charge in [0.15, 0.2) is 0 Å². The molecular formula is C6H5Cl2NPt+2. The summed E-state index contributed by atoms with van der Waals surface area (Å²) in [4.78, 5) is 3.92. The van der Waals surface area contributed by atoms with Gasteiger partial charge in [-0.15, -0.1) is 0 Å². The predicted molar refractivity (Wildman–Crippen MR) is 39.0 cm³/mol. The first-order chi connectivity index (χ1) is 4.22. The predicted octanol–water partition coefficient (Wildman–Crippen LogP) is 2.69. The molecule has 0 aliphatic heterocycles. The summed E-state index contributed by atoms with van der Waals surface area (Å²) in [5.74, 6) is 0. The third-order valence-corrected chi connectivity index (χ3v) is 1.91. The van der Waals surface area contributed by atoms with Crippen molar-refractivity contribution in [3.8, 4) is 0 Å². The number of nitrogens with zero attached hydrogens (tertiary/aromatic N) is 1. The van der Waals surface area contributed by atoms with Crippen molar-refractivity contribution in [3.63, 3.8) is 0 Å². The van der Waals surface area contributed by atoms with Gasteiger partial charge in [0, 0.05) is 6.20 Å². The molecule has 1 nitrogen and oxygen atoms in total. The van der Waals surface area contributed by atoms with Gasteiger partial charge in [-0.1, -0.05) is 23.2 Å². The van der Waals surface area contributed by atoms with Gasteiger partial charge in [-0.05, 0) is 13.0 Å². The molecule has 0 spiro atoms. The SMILES string of the molecule is Cc1nccc(Cl)c1Cl.[Pt+2]. The molecule has 0 N–H and O–H groups in total. The fourth-order valence-corrected chi connectivity index (χ4v) is 0.822. The zero-order valence-electron chi connectivity index (χ0n) is 5.17. The minimum atomic E-state index is 0. The van der Waals surface area contributed by atoms with Crippen LogP contribution in [-0.2, 0) is 21.1 Å². The van der Waals surface area contributed by atoms with Crippen molar-refractivity contribution in [2.24, 2.45) is 0 Å². The summed E-state index contributed by atoms with van der Waals surface area (Å²) in [6.07, 6.45) is 1.63. The second-order valence-electron chi connectivity index (χ2n) is 1.69. The molecule has 0 bridgehead atoms. The molecule has 1 rings (SSSR count). The van der Waals surface area contributed by atoms with Crippen molar-refractivity contribution in [2.45, 2.75) is 6.92 Å². The summed E-state index contributed by atoms with van der Waals surface area (Å²) in [5, 5.41) is 1.10. The van der Waals surface area contributed by atoms with E-state index in [0.29, 0.717) is 10.0 Å². The first-order valence-corrected chi connectivity index (χ1v) is 3.24. The molecule has 0 fully saturated rings. The molecule has 1 aromatic rings. The Morgan fingerprint density at radius 2 is 2.00 bits per heavy atom. The molecule has 0 radical (unpaired) electrons. The van der Waals surface area contributed by atoms with Gasteiger partial charge in [0.2, 0.25) is 0 Å². The molecule has 0 amide bonds. The van der Waals surface area contributed by atoms with Gasteiger partial charge in [-0.25, -0.2) is 0 Å². The maximum Gasteiger partial charge on any atom is 2.00 e.